The fourth-order valence-corrected chi connectivity index (χ4v) is 3.84. The summed E-state index contributed by atoms with van der Waals surface area (Å²) in [5, 5.41) is 4.71. The van der Waals surface area contributed by atoms with Crippen LogP contribution in [0.15, 0.2) is 30.3 Å². The molecule has 0 bridgehead atoms. The molecule has 1 amide bonds. The fourth-order valence-electron chi connectivity index (χ4n) is 2.54. The molecular formula is C15H17N3O2S. The SMILES string of the molecule is Nc1nc(C(=O)NC2CCS(=O)CC2)cc2ccccc12. The van der Waals surface area contributed by atoms with Gasteiger partial charge in [-0.15, -0.1) is 0 Å². The average molecular weight is 303 g/mol. The lowest BCUT2D eigenvalue weighted by atomic mass is 10.1. The highest BCUT2D eigenvalue weighted by Crippen LogP contribution is 2.20. The number of hydrogen-bond acceptors (Lipinski definition) is 4. The molecule has 0 spiro atoms. The molecule has 0 atom stereocenters. The van der Waals surface area contributed by atoms with Crippen molar-refractivity contribution in [3.63, 3.8) is 0 Å². The molecule has 6 heteroatoms. The van der Waals surface area contributed by atoms with Crippen LogP contribution in [0.25, 0.3) is 10.8 Å². The second kappa shape index (κ2) is 5.81. The smallest absolute Gasteiger partial charge is 0.270 e. The average Bonchev–Trinajstić information content (AvgIpc) is 2.49. The van der Waals surface area contributed by atoms with Crippen LogP contribution in [0.3, 0.4) is 0 Å². The van der Waals surface area contributed by atoms with Gasteiger partial charge in [0.2, 0.25) is 0 Å². The third-order valence-corrected chi connectivity index (χ3v) is 5.11. The highest BCUT2D eigenvalue weighted by Gasteiger charge is 2.21. The molecule has 2 aromatic rings. The summed E-state index contributed by atoms with van der Waals surface area (Å²) in [7, 11) is -0.729. The normalized spacial score (nSPS) is 22.1. The van der Waals surface area contributed by atoms with E-state index in [4.69, 9.17) is 5.73 Å². The number of carbonyl (C=O) groups is 1. The molecule has 3 rings (SSSR count). The predicted octanol–water partition coefficient (Wildman–Crippen LogP) is 1.46. The largest absolute Gasteiger partial charge is 0.383 e. The van der Waals surface area contributed by atoms with Crippen LogP contribution in [-0.4, -0.2) is 32.6 Å². The van der Waals surface area contributed by atoms with Gasteiger partial charge in [0.25, 0.3) is 5.91 Å². The number of benzene rings is 1. The maximum Gasteiger partial charge on any atom is 0.270 e. The molecule has 5 nitrogen and oxygen atoms in total. The molecule has 0 radical (unpaired) electrons. The first-order valence-corrected chi connectivity index (χ1v) is 8.43. The number of pyridine rings is 1. The minimum Gasteiger partial charge on any atom is -0.383 e. The molecular weight excluding hydrogens is 286 g/mol. The first-order valence-electron chi connectivity index (χ1n) is 6.94. The van der Waals surface area contributed by atoms with Gasteiger partial charge in [-0.3, -0.25) is 9.00 Å². The van der Waals surface area contributed by atoms with E-state index in [2.05, 4.69) is 10.3 Å². The highest BCUT2D eigenvalue weighted by atomic mass is 32.2. The van der Waals surface area contributed by atoms with Crippen molar-refractivity contribution in [1.29, 1.82) is 0 Å². The summed E-state index contributed by atoms with van der Waals surface area (Å²) in [5.41, 5.74) is 6.25. The molecule has 1 aliphatic rings. The lowest BCUT2D eigenvalue weighted by molar-refractivity contribution is 0.0930. The Balaban J connectivity index is 1.80. The summed E-state index contributed by atoms with van der Waals surface area (Å²) in [6.45, 7) is 0. The Labute approximate surface area is 125 Å². The molecule has 1 saturated heterocycles. The van der Waals surface area contributed by atoms with Gasteiger partial charge in [-0.05, 0) is 24.3 Å². The van der Waals surface area contributed by atoms with Gasteiger partial charge in [0.1, 0.15) is 11.5 Å². The third-order valence-electron chi connectivity index (χ3n) is 3.73. The van der Waals surface area contributed by atoms with Gasteiger partial charge in [-0.1, -0.05) is 24.3 Å². The Morgan fingerprint density at radius 2 is 2.00 bits per heavy atom. The Bertz CT molecular complexity index is 707. The number of anilines is 1. The van der Waals surface area contributed by atoms with Crippen molar-refractivity contribution in [3.8, 4) is 0 Å². The third kappa shape index (κ3) is 3.05. The highest BCUT2D eigenvalue weighted by molar-refractivity contribution is 7.85. The number of nitrogen functional groups attached to an aromatic ring is 1. The van der Waals surface area contributed by atoms with Crippen molar-refractivity contribution in [3.05, 3.63) is 36.0 Å². The standard InChI is InChI=1S/C15H17N3O2S/c16-14-12-4-2-1-3-10(12)9-13(18-14)15(19)17-11-5-7-21(20)8-6-11/h1-4,9,11H,5-8H2,(H2,16,18)(H,17,19). The van der Waals surface area contributed by atoms with Crippen LogP contribution in [0, 0.1) is 0 Å². The molecule has 0 aliphatic carbocycles. The monoisotopic (exact) mass is 303 g/mol. The van der Waals surface area contributed by atoms with Crippen LogP contribution in [0.1, 0.15) is 23.3 Å². The molecule has 1 aromatic carbocycles. The van der Waals surface area contributed by atoms with E-state index in [-0.39, 0.29) is 11.9 Å². The molecule has 3 N–H and O–H groups in total. The Kier molecular flexibility index (Phi) is 3.88. The zero-order valence-corrected chi connectivity index (χ0v) is 12.4. The minimum atomic E-state index is -0.729. The molecule has 1 fully saturated rings. The number of fused-ring (bicyclic) bond motifs is 1. The summed E-state index contributed by atoms with van der Waals surface area (Å²) < 4.78 is 11.3. The summed E-state index contributed by atoms with van der Waals surface area (Å²) >= 11 is 0. The molecule has 2 heterocycles. The summed E-state index contributed by atoms with van der Waals surface area (Å²) in [6, 6.07) is 9.41. The van der Waals surface area contributed by atoms with Crippen LogP contribution >= 0.6 is 0 Å². The van der Waals surface area contributed by atoms with E-state index in [1.54, 1.807) is 6.07 Å². The van der Waals surface area contributed by atoms with Crippen LogP contribution in [0.4, 0.5) is 5.82 Å². The predicted molar refractivity (Wildman–Crippen MR) is 84.5 cm³/mol. The Hall–Kier alpha value is -1.95. The number of amides is 1. The first-order chi connectivity index (χ1) is 10.1. The van der Waals surface area contributed by atoms with Gasteiger partial charge in [-0.25, -0.2) is 4.98 Å². The summed E-state index contributed by atoms with van der Waals surface area (Å²) in [6.07, 6.45) is 1.50. The van der Waals surface area contributed by atoms with Gasteiger partial charge >= 0.3 is 0 Å². The number of rotatable bonds is 2. The number of carbonyl (C=O) groups excluding carboxylic acids is 1. The lowest BCUT2D eigenvalue weighted by Crippen LogP contribution is -2.39. The quantitative estimate of drug-likeness (QED) is 0.879. The molecule has 0 unspecified atom stereocenters. The number of hydrogen-bond donors (Lipinski definition) is 2. The lowest BCUT2D eigenvalue weighted by Gasteiger charge is -2.22. The first kappa shape index (κ1) is 14.0. The number of nitrogens with one attached hydrogen (secondary N) is 1. The molecule has 0 saturated carbocycles. The van der Waals surface area contributed by atoms with Crippen LogP contribution in [0.2, 0.25) is 0 Å². The van der Waals surface area contributed by atoms with Crippen molar-refractivity contribution >= 4 is 33.3 Å². The van der Waals surface area contributed by atoms with Crippen molar-refractivity contribution in [2.24, 2.45) is 0 Å². The van der Waals surface area contributed by atoms with Crippen molar-refractivity contribution < 1.29 is 9.00 Å². The van der Waals surface area contributed by atoms with Crippen molar-refractivity contribution in [2.45, 2.75) is 18.9 Å². The van der Waals surface area contributed by atoms with E-state index >= 15 is 0 Å². The Morgan fingerprint density at radius 1 is 1.29 bits per heavy atom. The summed E-state index contributed by atoms with van der Waals surface area (Å²) in [5.74, 6) is 1.45. The van der Waals surface area contributed by atoms with Crippen LogP contribution in [-0.2, 0) is 10.8 Å². The fraction of sp³-hybridized carbons (Fsp3) is 0.333. The van der Waals surface area contributed by atoms with E-state index in [1.165, 1.54) is 0 Å². The van der Waals surface area contributed by atoms with Gasteiger partial charge in [-0.2, -0.15) is 0 Å². The van der Waals surface area contributed by atoms with Gasteiger partial charge in [0.15, 0.2) is 0 Å². The Morgan fingerprint density at radius 3 is 2.76 bits per heavy atom. The maximum absolute atomic E-state index is 12.3. The van der Waals surface area contributed by atoms with Gasteiger partial charge in [0.05, 0.1) is 0 Å². The van der Waals surface area contributed by atoms with E-state index < -0.39 is 10.8 Å². The van der Waals surface area contributed by atoms with E-state index in [0.29, 0.717) is 23.0 Å². The van der Waals surface area contributed by atoms with E-state index in [0.717, 1.165) is 23.6 Å². The molecule has 1 aliphatic heterocycles. The van der Waals surface area contributed by atoms with Crippen LogP contribution in [0.5, 0.6) is 0 Å². The molecule has 110 valence electrons. The number of nitrogens with two attached hydrogens (primary N) is 1. The van der Waals surface area contributed by atoms with E-state index in [9.17, 15) is 9.00 Å². The van der Waals surface area contributed by atoms with Gasteiger partial charge in [0, 0.05) is 33.7 Å². The zero-order valence-electron chi connectivity index (χ0n) is 11.5. The summed E-state index contributed by atoms with van der Waals surface area (Å²) in [4.78, 5) is 16.5. The minimum absolute atomic E-state index is 0.0738. The van der Waals surface area contributed by atoms with Crippen molar-refractivity contribution in [1.82, 2.24) is 10.3 Å². The zero-order chi connectivity index (χ0) is 14.8. The van der Waals surface area contributed by atoms with E-state index in [1.807, 2.05) is 24.3 Å². The molecule has 1 aromatic heterocycles. The van der Waals surface area contributed by atoms with Crippen LogP contribution < -0.4 is 11.1 Å². The second-order valence-electron chi connectivity index (χ2n) is 5.21. The maximum atomic E-state index is 12.3. The van der Waals surface area contributed by atoms with Gasteiger partial charge < -0.3 is 11.1 Å². The molecule has 21 heavy (non-hydrogen) atoms. The topological polar surface area (TPSA) is 85.1 Å². The number of aromatic nitrogens is 1. The van der Waals surface area contributed by atoms with Crippen molar-refractivity contribution in [2.75, 3.05) is 17.2 Å². The second-order valence-corrected chi connectivity index (χ2v) is 6.91. The number of nitrogens with zero attached hydrogens (tertiary/aromatic N) is 1.